The SMILES string of the molecule is CCC1NCC2CCC1(C)C2(C)C. The molecular formula is C12H23N. The van der Waals surface area contributed by atoms with E-state index in [0.29, 0.717) is 10.8 Å². The van der Waals surface area contributed by atoms with E-state index >= 15 is 0 Å². The van der Waals surface area contributed by atoms with E-state index in [1.165, 1.54) is 25.8 Å². The van der Waals surface area contributed by atoms with Gasteiger partial charge in [0, 0.05) is 6.04 Å². The Labute approximate surface area is 82.3 Å². The Bertz CT molecular complexity index is 209. The first kappa shape index (κ1) is 9.51. The summed E-state index contributed by atoms with van der Waals surface area (Å²) in [7, 11) is 0. The van der Waals surface area contributed by atoms with Crippen molar-refractivity contribution in [2.45, 2.75) is 53.0 Å². The van der Waals surface area contributed by atoms with Crippen LogP contribution in [0.4, 0.5) is 0 Å². The largest absolute Gasteiger partial charge is 0.313 e. The first-order valence-electron chi connectivity index (χ1n) is 5.75. The molecule has 2 rings (SSSR count). The second-order valence-electron chi connectivity index (χ2n) is 5.74. The highest BCUT2D eigenvalue weighted by Gasteiger charge is 2.57. The van der Waals surface area contributed by atoms with E-state index in [0.717, 1.165) is 12.0 Å². The van der Waals surface area contributed by atoms with Crippen molar-refractivity contribution in [1.82, 2.24) is 5.32 Å². The summed E-state index contributed by atoms with van der Waals surface area (Å²) in [5.41, 5.74) is 1.10. The van der Waals surface area contributed by atoms with Crippen LogP contribution in [0.25, 0.3) is 0 Å². The Balaban J connectivity index is 2.33. The van der Waals surface area contributed by atoms with Crippen molar-refractivity contribution in [3.05, 3.63) is 0 Å². The number of rotatable bonds is 1. The van der Waals surface area contributed by atoms with E-state index in [1.807, 2.05) is 0 Å². The van der Waals surface area contributed by atoms with Crippen LogP contribution >= 0.6 is 0 Å². The Morgan fingerprint density at radius 3 is 2.62 bits per heavy atom. The van der Waals surface area contributed by atoms with E-state index in [1.54, 1.807) is 0 Å². The van der Waals surface area contributed by atoms with Gasteiger partial charge in [-0.25, -0.2) is 0 Å². The Hall–Kier alpha value is -0.0400. The molecular weight excluding hydrogens is 158 g/mol. The highest BCUT2D eigenvalue weighted by molar-refractivity contribution is 5.09. The van der Waals surface area contributed by atoms with Crippen LogP contribution in [0.2, 0.25) is 0 Å². The highest BCUT2D eigenvalue weighted by Crippen LogP contribution is 2.59. The summed E-state index contributed by atoms with van der Waals surface area (Å²) in [4.78, 5) is 0. The molecule has 1 N–H and O–H groups in total. The van der Waals surface area contributed by atoms with Crippen molar-refractivity contribution in [2.24, 2.45) is 16.7 Å². The molecule has 13 heavy (non-hydrogen) atoms. The van der Waals surface area contributed by atoms with E-state index < -0.39 is 0 Å². The van der Waals surface area contributed by atoms with Crippen LogP contribution in [-0.2, 0) is 0 Å². The molecule has 0 aromatic rings. The van der Waals surface area contributed by atoms with Gasteiger partial charge in [0.2, 0.25) is 0 Å². The summed E-state index contributed by atoms with van der Waals surface area (Å²) in [5.74, 6) is 0.917. The summed E-state index contributed by atoms with van der Waals surface area (Å²) in [6.45, 7) is 11.0. The first-order valence-corrected chi connectivity index (χ1v) is 5.75. The average molecular weight is 181 g/mol. The van der Waals surface area contributed by atoms with Crippen molar-refractivity contribution in [3.8, 4) is 0 Å². The lowest BCUT2D eigenvalue weighted by Crippen LogP contribution is -2.56. The molecule has 0 aromatic heterocycles. The molecule has 1 heteroatoms. The fourth-order valence-electron chi connectivity index (χ4n) is 3.71. The average Bonchev–Trinajstić information content (AvgIpc) is 2.24. The number of fused-ring (bicyclic) bond motifs is 2. The molecule has 1 heterocycles. The van der Waals surface area contributed by atoms with Gasteiger partial charge < -0.3 is 5.32 Å². The smallest absolute Gasteiger partial charge is 0.0124 e. The Morgan fingerprint density at radius 2 is 2.00 bits per heavy atom. The Kier molecular flexibility index (Phi) is 1.99. The van der Waals surface area contributed by atoms with Crippen LogP contribution in [0.5, 0.6) is 0 Å². The van der Waals surface area contributed by atoms with Crippen LogP contribution in [0, 0.1) is 16.7 Å². The first-order chi connectivity index (χ1) is 6.02. The molecule has 2 aliphatic rings. The van der Waals surface area contributed by atoms with Gasteiger partial charge in [0.15, 0.2) is 0 Å². The minimum absolute atomic E-state index is 0.546. The van der Waals surface area contributed by atoms with Crippen LogP contribution in [-0.4, -0.2) is 12.6 Å². The normalized spacial score (nSPS) is 48.0. The van der Waals surface area contributed by atoms with Crippen molar-refractivity contribution in [3.63, 3.8) is 0 Å². The third-order valence-corrected chi connectivity index (χ3v) is 5.29. The summed E-state index contributed by atoms with van der Waals surface area (Å²) < 4.78 is 0. The second-order valence-corrected chi connectivity index (χ2v) is 5.74. The molecule has 1 nitrogen and oxygen atoms in total. The molecule has 1 saturated heterocycles. The zero-order valence-electron chi connectivity index (χ0n) is 9.48. The van der Waals surface area contributed by atoms with Crippen molar-refractivity contribution < 1.29 is 0 Å². The summed E-state index contributed by atoms with van der Waals surface area (Å²) in [6.07, 6.45) is 4.15. The van der Waals surface area contributed by atoms with Gasteiger partial charge in [-0.1, -0.05) is 27.7 Å². The van der Waals surface area contributed by atoms with Crippen molar-refractivity contribution >= 4 is 0 Å². The standard InChI is InChI=1S/C12H23N/c1-5-10-12(4)7-6-9(8-13-10)11(12,2)3/h9-10,13H,5-8H2,1-4H3. The molecule has 2 fully saturated rings. The zero-order valence-corrected chi connectivity index (χ0v) is 9.48. The van der Waals surface area contributed by atoms with E-state index in [2.05, 4.69) is 33.0 Å². The quantitative estimate of drug-likeness (QED) is 0.656. The van der Waals surface area contributed by atoms with Crippen LogP contribution in [0.15, 0.2) is 0 Å². The zero-order chi connectivity index (χ0) is 9.69. The van der Waals surface area contributed by atoms with Crippen molar-refractivity contribution in [1.29, 1.82) is 0 Å². The lowest BCUT2D eigenvalue weighted by molar-refractivity contribution is 0.00903. The van der Waals surface area contributed by atoms with Gasteiger partial charge in [-0.15, -0.1) is 0 Å². The maximum absolute atomic E-state index is 3.73. The fourth-order valence-corrected chi connectivity index (χ4v) is 3.71. The molecule has 1 aliphatic carbocycles. The van der Waals surface area contributed by atoms with Gasteiger partial charge in [0.25, 0.3) is 0 Å². The third kappa shape index (κ3) is 1.03. The van der Waals surface area contributed by atoms with E-state index in [-0.39, 0.29) is 0 Å². The van der Waals surface area contributed by atoms with Crippen molar-refractivity contribution in [2.75, 3.05) is 6.54 Å². The highest BCUT2D eigenvalue weighted by atomic mass is 15.0. The van der Waals surface area contributed by atoms with Crippen LogP contribution < -0.4 is 5.32 Å². The van der Waals surface area contributed by atoms with Gasteiger partial charge in [-0.2, -0.15) is 0 Å². The fraction of sp³-hybridized carbons (Fsp3) is 1.00. The van der Waals surface area contributed by atoms with E-state index in [4.69, 9.17) is 0 Å². The molecule has 0 amide bonds. The molecule has 3 unspecified atom stereocenters. The van der Waals surface area contributed by atoms with Crippen LogP contribution in [0.3, 0.4) is 0 Å². The topological polar surface area (TPSA) is 12.0 Å². The maximum Gasteiger partial charge on any atom is 0.0124 e. The Morgan fingerprint density at radius 1 is 1.31 bits per heavy atom. The van der Waals surface area contributed by atoms with Gasteiger partial charge in [-0.05, 0) is 42.6 Å². The number of hydrogen-bond donors (Lipinski definition) is 1. The number of piperidine rings is 1. The predicted molar refractivity (Wildman–Crippen MR) is 56.7 cm³/mol. The molecule has 1 aliphatic heterocycles. The molecule has 0 aromatic carbocycles. The second kappa shape index (κ2) is 2.73. The lowest BCUT2D eigenvalue weighted by atomic mass is 9.59. The van der Waals surface area contributed by atoms with Gasteiger partial charge in [-0.3, -0.25) is 0 Å². The predicted octanol–water partition coefficient (Wildman–Crippen LogP) is 2.81. The van der Waals surface area contributed by atoms with E-state index in [9.17, 15) is 0 Å². The molecule has 76 valence electrons. The molecule has 1 saturated carbocycles. The third-order valence-electron chi connectivity index (χ3n) is 5.29. The minimum Gasteiger partial charge on any atom is -0.313 e. The summed E-state index contributed by atoms with van der Waals surface area (Å²) in [5, 5.41) is 3.73. The minimum atomic E-state index is 0.546. The summed E-state index contributed by atoms with van der Waals surface area (Å²) in [6, 6.07) is 0.751. The molecule has 2 bridgehead atoms. The summed E-state index contributed by atoms with van der Waals surface area (Å²) >= 11 is 0. The lowest BCUT2D eigenvalue weighted by Gasteiger charge is -2.51. The van der Waals surface area contributed by atoms with Gasteiger partial charge in [0.1, 0.15) is 0 Å². The molecule has 3 atom stereocenters. The maximum atomic E-state index is 3.73. The van der Waals surface area contributed by atoms with Gasteiger partial charge in [0.05, 0.1) is 0 Å². The number of nitrogens with one attached hydrogen (secondary N) is 1. The van der Waals surface area contributed by atoms with Gasteiger partial charge >= 0.3 is 0 Å². The molecule has 0 spiro atoms. The monoisotopic (exact) mass is 181 g/mol. The van der Waals surface area contributed by atoms with Crippen LogP contribution in [0.1, 0.15) is 47.0 Å². The molecule has 0 radical (unpaired) electrons. The number of hydrogen-bond acceptors (Lipinski definition) is 1.